The third-order valence-corrected chi connectivity index (χ3v) is 8.08. The molecule has 1 spiro atoms. The Balaban J connectivity index is 1.49. The SMILES string of the molecule is CCOC(=O)c1cc(S(=O)(=O)N2CCCC2C(=O)N2CCC3(CC2)OCCO3)cn1C. The van der Waals surface area contributed by atoms with Gasteiger partial charge in [0.2, 0.25) is 15.9 Å². The first-order chi connectivity index (χ1) is 14.8. The maximum atomic E-state index is 13.3. The number of hydrogen-bond acceptors (Lipinski definition) is 7. The van der Waals surface area contributed by atoms with Gasteiger partial charge in [0, 0.05) is 45.7 Å². The van der Waals surface area contributed by atoms with E-state index in [9.17, 15) is 18.0 Å². The van der Waals surface area contributed by atoms with Crippen molar-refractivity contribution in [1.82, 2.24) is 13.8 Å². The van der Waals surface area contributed by atoms with Crippen LogP contribution in [0.2, 0.25) is 0 Å². The van der Waals surface area contributed by atoms with Crippen LogP contribution in [0.25, 0.3) is 0 Å². The van der Waals surface area contributed by atoms with Crippen LogP contribution >= 0.6 is 0 Å². The zero-order valence-electron chi connectivity index (χ0n) is 17.9. The maximum Gasteiger partial charge on any atom is 0.354 e. The fourth-order valence-corrected chi connectivity index (χ4v) is 6.28. The van der Waals surface area contributed by atoms with Crippen molar-refractivity contribution in [2.45, 2.75) is 49.3 Å². The molecule has 31 heavy (non-hydrogen) atoms. The summed E-state index contributed by atoms with van der Waals surface area (Å²) >= 11 is 0. The number of hydrogen-bond donors (Lipinski definition) is 0. The molecule has 1 unspecified atom stereocenters. The summed E-state index contributed by atoms with van der Waals surface area (Å²) in [5.41, 5.74) is 0.153. The Bertz CT molecular complexity index is 942. The summed E-state index contributed by atoms with van der Waals surface area (Å²) in [6.45, 7) is 4.23. The van der Waals surface area contributed by atoms with Gasteiger partial charge in [-0.05, 0) is 25.8 Å². The van der Waals surface area contributed by atoms with E-state index in [0.717, 1.165) is 0 Å². The summed E-state index contributed by atoms with van der Waals surface area (Å²) < 4.78 is 45.8. The van der Waals surface area contributed by atoms with Gasteiger partial charge in [0.1, 0.15) is 16.6 Å². The molecule has 1 atom stereocenters. The van der Waals surface area contributed by atoms with Crippen LogP contribution in [-0.2, 0) is 36.1 Å². The molecule has 3 aliphatic heterocycles. The van der Waals surface area contributed by atoms with Crippen LogP contribution in [-0.4, -0.2) is 85.4 Å². The third-order valence-electron chi connectivity index (χ3n) is 6.21. The molecule has 0 saturated carbocycles. The molecule has 3 aliphatic rings. The molecular weight excluding hydrogens is 426 g/mol. The van der Waals surface area contributed by atoms with E-state index in [2.05, 4.69) is 0 Å². The number of aromatic nitrogens is 1. The second-order valence-corrected chi connectivity index (χ2v) is 9.99. The van der Waals surface area contributed by atoms with Crippen LogP contribution in [0.5, 0.6) is 0 Å². The number of esters is 1. The first kappa shape index (κ1) is 22.3. The Morgan fingerprint density at radius 1 is 1.19 bits per heavy atom. The van der Waals surface area contributed by atoms with Crippen molar-refractivity contribution < 1.29 is 32.2 Å². The van der Waals surface area contributed by atoms with Gasteiger partial charge < -0.3 is 23.7 Å². The number of carbonyl (C=O) groups is 2. The number of carbonyl (C=O) groups excluding carboxylic acids is 2. The number of ether oxygens (including phenoxy) is 3. The molecule has 0 aromatic carbocycles. The minimum absolute atomic E-state index is 0.0110. The number of aryl methyl sites for hydroxylation is 1. The molecule has 4 heterocycles. The van der Waals surface area contributed by atoms with Gasteiger partial charge in [-0.3, -0.25) is 4.79 Å². The molecule has 3 saturated heterocycles. The van der Waals surface area contributed by atoms with Crippen molar-refractivity contribution in [2.24, 2.45) is 7.05 Å². The standard InChI is InChI=1S/C20H29N3O7S/c1-3-28-19(25)17-13-15(14-21(17)2)31(26,27)23-8-4-5-16(23)18(24)22-9-6-20(7-10-22)29-11-12-30-20/h13-14,16H,3-12H2,1-2H3. The van der Waals surface area contributed by atoms with E-state index in [1.54, 1.807) is 18.9 Å². The van der Waals surface area contributed by atoms with Gasteiger partial charge in [0.25, 0.3) is 0 Å². The first-order valence-corrected chi connectivity index (χ1v) is 12.1. The molecule has 1 aromatic heterocycles. The molecule has 3 fully saturated rings. The molecule has 4 rings (SSSR count). The van der Waals surface area contributed by atoms with Crippen LogP contribution < -0.4 is 0 Å². The quantitative estimate of drug-likeness (QED) is 0.602. The van der Waals surface area contributed by atoms with E-state index in [4.69, 9.17) is 14.2 Å². The van der Waals surface area contributed by atoms with E-state index < -0.39 is 27.8 Å². The summed E-state index contributed by atoms with van der Waals surface area (Å²) in [4.78, 5) is 27.0. The largest absolute Gasteiger partial charge is 0.461 e. The summed E-state index contributed by atoms with van der Waals surface area (Å²) in [5.74, 6) is -1.36. The van der Waals surface area contributed by atoms with Crippen molar-refractivity contribution >= 4 is 21.9 Å². The Labute approximate surface area is 182 Å². The van der Waals surface area contributed by atoms with Crippen LogP contribution in [0.1, 0.15) is 43.1 Å². The molecule has 0 bridgehead atoms. The maximum absolute atomic E-state index is 13.3. The number of likely N-dealkylation sites (tertiary alicyclic amines) is 1. The number of piperidine rings is 1. The van der Waals surface area contributed by atoms with Crippen LogP contribution in [0, 0.1) is 0 Å². The highest BCUT2D eigenvalue weighted by Gasteiger charge is 2.45. The van der Waals surface area contributed by atoms with Crippen LogP contribution in [0.3, 0.4) is 0 Å². The number of sulfonamides is 1. The Morgan fingerprint density at radius 3 is 2.52 bits per heavy atom. The number of nitrogens with zero attached hydrogens (tertiary/aromatic N) is 3. The summed E-state index contributed by atoms with van der Waals surface area (Å²) in [6, 6.07) is 0.572. The van der Waals surface area contributed by atoms with Gasteiger partial charge in [-0.25, -0.2) is 13.2 Å². The molecule has 1 aromatic rings. The zero-order valence-corrected chi connectivity index (χ0v) is 18.7. The molecule has 0 N–H and O–H groups in total. The first-order valence-electron chi connectivity index (χ1n) is 10.7. The molecule has 172 valence electrons. The zero-order chi connectivity index (χ0) is 22.2. The molecule has 10 nitrogen and oxygen atoms in total. The minimum Gasteiger partial charge on any atom is -0.461 e. The molecule has 0 radical (unpaired) electrons. The Kier molecular flexibility index (Phi) is 6.12. The summed E-state index contributed by atoms with van der Waals surface area (Å²) in [6.07, 6.45) is 3.64. The van der Waals surface area contributed by atoms with Crippen molar-refractivity contribution in [2.75, 3.05) is 39.5 Å². The van der Waals surface area contributed by atoms with Crippen molar-refractivity contribution in [3.63, 3.8) is 0 Å². The average molecular weight is 456 g/mol. The van der Waals surface area contributed by atoms with Crippen molar-refractivity contribution in [3.05, 3.63) is 18.0 Å². The van der Waals surface area contributed by atoms with Gasteiger partial charge in [-0.1, -0.05) is 0 Å². The number of rotatable bonds is 5. The topological polar surface area (TPSA) is 107 Å². The predicted molar refractivity (Wildman–Crippen MR) is 109 cm³/mol. The van der Waals surface area contributed by atoms with Crippen LogP contribution in [0.4, 0.5) is 0 Å². The summed E-state index contributed by atoms with van der Waals surface area (Å²) in [5, 5.41) is 0. The normalized spacial score (nSPS) is 24.1. The van der Waals surface area contributed by atoms with Gasteiger partial charge in [0.05, 0.1) is 19.8 Å². The highest BCUT2D eigenvalue weighted by molar-refractivity contribution is 7.89. The monoisotopic (exact) mass is 455 g/mol. The van der Waals surface area contributed by atoms with E-state index >= 15 is 0 Å². The van der Waals surface area contributed by atoms with Crippen molar-refractivity contribution in [3.8, 4) is 0 Å². The Morgan fingerprint density at radius 2 is 1.87 bits per heavy atom. The third kappa shape index (κ3) is 4.11. The molecular formula is C20H29N3O7S. The summed E-state index contributed by atoms with van der Waals surface area (Å²) in [7, 11) is -2.34. The lowest BCUT2D eigenvalue weighted by Gasteiger charge is -2.39. The second-order valence-electron chi connectivity index (χ2n) is 8.10. The molecule has 1 amide bonds. The highest BCUT2D eigenvalue weighted by atomic mass is 32.2. The smallest absolute Gasteiger partial charge is 0.354 e. The Hall–Kier alpha value is -1.95. The van der Waals surface area contributed by atoms with Gasteiger partial charge >= 0.3 is 5.97 Å². The lowest BCUT2D eigenvalue weighted by atomic mass is 10.0. The predicted octanol–water partition coefficient (Wildman–Crippen LogP) is 0.720. The van der Waals surface area contributed by atoms with Crippen LogP contribution in [0.15, 0.2) is 17.2 Å². The molecule has 11 heteroatoms. The van der Waals surface area contributed by atoms with E-state index in [1.807, 2.05) is 0 Å². The van der Waals surface area contributed by atoms with E-state index in [0.29, 0.717) is 52.0 Å². The average Bonchev–Trinajstić information content (AvgIpc) is 3.48. The lowest BCUT2D eigenvalue weighted by Crippen LogP contribution is -2.53. The van der Waals surface area contributed by atoms with E-state index in [1.165, 1.54) is 21.1 Å². The van der Waals surface area contributed by atoms with Gasteiger partial charge in [0.15, 0.2) is 5.79 Å². The lowest BCUT2D eigenvalue weighted by molar-refractivity contribution is -0.188. The number of amides is 1. The highest BCUT2D eigenvalue weighted by Crippen LogP contribution is 2.33. The second kappa shape index (κ2) is 8.53. The fourth-order valence-electron chi connectivity index (χ4n) is 4.56. The van der Waals surface area contributed by atoms with Crippen molar-refractivity contribution in [1.29, 1.82) is 0 Å². The fraction of sp³-hybridized carbons (Fsp3) is 0.700. The minimum atomic E-state index is -3.94. The van der Waals surface area contributed by atoms with Gasteiger partial charge in [-0.15, -0.1) is 0 Å². The van der Waals surface area contributed by atoms with E-state index in [-0.39, 0.29) is 29.6 Å². The van der Waals surface area contributed by atoms with Gasteiger partial charge in [-0.2, -0.15) is 4.31 Å². The molecule has 0 aliphatic carbocycles.